The number of rotatable bonds is 10. The van der Waals surface area contributed by atoms with Gasteiger partial charge >= 0.3 is 5.97 Å². The lowest BCUT2D eigenvalue weighted by Crippen LogP contribution is -2.53. The lowest BCUT2D eigenvalue weighted by Gasteiger charge is -2.46. The highest BCUT2D eigenvalue weighted by Gasteiger charge is 2.40. The maximum absolute atomic E-state index is 12.6. The molecule has 2 atom stereocenters. The molecular formula is C34H45NO9S. The molecule has 0 bridgehead atoms. The summed E-state index contributed by atoms with van der Waals surface area (Å²) in [6.45, 7) is 7.29. The molecule has 11 heteroatoms. The molecule has 1 aliphatic rings. The van der Waals surface area contributed by atoms with Gasteiger partial charge < -0.3 is 32.7 Å². The van der Waals surface area contributed by atoms with Crippen molar-refractivity contribution in [3.8, 4) is 23.0 Å². The Bertz CT molecular complexity index is 1550. The summed E-state index contributed by atoms with van der Waals surface area (Å²) in [5.41, 5.74) is 3.11. The van der Waals surface area contributed by atoms with E-state index in [0.717, 1.165) is 35.2 Å². The summed E-state index contributed by atoms with van der Waals surface area (Å²) in [7, 11) is 4.59. The van der Waals surface area contributed by atoms with Crippen LogP contribution in [-0.4, -0.2) is 77.6 Å². The maximum atomic E-state index is 12.6. The van der Waals surface area contributed by atoms with Crippen molar-refractivity contribution in [1.82, 2.24) is 0 Å². The Labute approximate surface area is 267 Å². The lowest BCUT2D eigenvalue weighted by molar-refractivity contribution is -0.940. The van der Waals surface area contributed by atoms with Crippen molar-refractivity contribution in [3.63, 3.8) is 0 Å². The van der Waals surface area contributed by atoms with E-state index in [0.29, 0.717) is 30.2 Å². The summed E-state index contributed by atoms with van der Waals surface area (Å²) >= 11 is 0. The van der Waals surface area contributed by atoms with E-state index in [9.17, 15) is 17.8 Å². The number of fused-ring (bicyclic) bond motifs is 1. The molecule has 246 valence electrons. The Morgan fingerprint density at radius 2 is 1.44 bits per heavy atom. The van der Waals surface area contributed by atoms with E-state index in [-0.39, 0.29) is 16.9 Å². The minimum Gasteiger partial charge on any atom is -0.744 e. The van der Waals surface area contributed by atoms with Gasteiger partial charge in [0.05, 0.1) is 59.9 Å². The van der Waals surface area contributed by atoms with E-state index in [1.165, 1.54) is 35.4 Å². The van der Waals surface area contributed by atoms with Gasteiger partial charge in [0.25, 0.3) is 0 Å². The summed E-state index contributed by atoms with van der Waals surface area (Å²) in [6, 6.07) is 17.5. The standard InChI is InChI=1S/C28H40NO6.C6H6O3S/c1-28(2,3)35-27(30)12-14-29(4)13-11-20-17-25(33-7)26(34-8)18-21(20)22(29)15-19-9-10-23(31-5)24(16-19)32-6;7-10(8,9)6-4-2-1-3-5-6/h9-10,16-18,22H,11-15H2,1-8H3;1-5H,(H,7,8,9)/q+1;/p-1/t22-,29?;/m1./s1. The third-order valence-electron chi connectivity index (χ3n) is 7.80. The first kappa shape index (κ1) is 35.7. The molecule has 0 N–H and O–H groups in total. The number of hydrogen-bond acceptors (Lipinski definition) is 9. The van der Waals surface area contributed by atoms with Crippen molar-refractivity contribution >= 4 is 16.1 Å². The summed E-state index contributed by atoms with van der Waals surface area (Å²) < 4.78 is 59.3. The monoisotopic (exact) mass is 643 g/mol. The van der Waals surface area contributed by atoms with Gasteiger partial charge in [-0.25, -0.2) is 8.42 Å². The van der Waals surface area contributed by atoms with Crippen LogP contribution in [0.2, 0.25) is 0 Å². The van der Waals surface area contributed by atoms with E-state index in [1.54, 1.807) is 34.5 Å². The number of benzene rings is 3. The molecule has 45 heavy (non-hydrogen) atoms. The predicted octanol–water partition coefficient (Wildman–Crippen LogP) is 5.33. The van der Waals surface area contributed by atoms with Crippen molar-refractivity contribution < 1.29 is 45.9 Å². The molecule has 1 aliphatic heterocycles. The zero-order chi connectivity index (χ0) is 33.4. The van der Waals surface area contributed by atoms with Crippen molar-refractivity contribution in [1.29, 1.82) is 0 Å². The molecule has 0 aliphatic carbocycles. The first-order valence-electron chi connectivity index (χ1n) is 14.7. The van der Waals surface area contributed by atoms with Gasteiger partial charge in [0.2, 0.25) is 0 Å². The number of methoxy groups -OCH3 is 4. The summed E-state index contributed by atoms with van der Waals surface area (Å²) in [5.74, 6) is 2.69. The predicted molar refractivity (Wildman–Crippen MR) is 170 cm³/mol. The highest BCUT2D eigenvalue weighted by Crippen LogP contribution is 2.43. The maximum Gasteiger partial charge on any atom is 0.312 e. The number of carbonyl (C=O) groups excluding carboxylic acids is 1. The minimum atomic E-state index is -4.25. The van der Waals surface area contributed by atoms with Crippen molar-refractivity contribution in [3.05, 3.63) is 77.4 Å². The van der Waals surface area contributed by atoms with Crippen molar-refractivity contribution in [2.75, 3.05) is 48.6 Å². The molecule has 0 radical (unpaired) electrons. The van der Waals surface area contributed by atoms with E-state index in [1.807, 2.05) is 32.9 Å². The Balaban J connectivity index is 0.000000468. The van der Waals surface area contributed by atoms with Crippen LogP contribution in [0.15, 0.2) is 65.6 Å². The average Bonchev–Trinajstić information content (AvgIpc) is 3.00. The van der Waals surface area contributed by atoms with Crippen molar-refractivity contribution in [2.45, 2.75) is 56.6 Å². The van der Waals surface area contributed by atoms with Crippen molar-refractivity contribution in [2.24, 2.45) is 0 Å². The highest BCUT2D eigenvalue weighted by molar-refractivity contribution is 7.85. The first-order chi connectivity index (χ1) is 21.1. The molecular weight excluding hydrogens is 598 g/mol. The minimum absolute atomic E-state index is 0.110. The Morgan fingerprint density at radius 3 is 1.98 bits per heavy atom. The number of carbonyl (C=O) groups is 1. The number of ether oxygens (including phenoxy) is 5. The highest BCUT2D eigenvalue weighted by atomic mass is 32.2. The largest absolute Gasteiger partial charge is 0.744 e. The van der Waals surface area contributed by atoms with Gasteiger partial charge in [-0.05, 0) is 68.3 Å². The van der Waals surface area contributed by atoms with Crippen LogP contribution in [0.3, 0.4) is 0 Å². The summed E-state index contributed by atoms with van der Waals surface area (Å²) in [4.78, 5) is 12.4. The summed E-state index contributed by atoms with van der Waals surface area (Å²) in [5, 5.41) is 0. The van der Waals surface area contributed by atoms with E-state index < -0.39 is 15.7 Å². The number of esters is 1. The molecule has 4 rings (SSSR count). The zero-order valence-electron chi connectivity index (χ0n) is 27.4. The molecule has 0 spiro atoms. The lowest BCUT2D eigenvalue weighted by atomic mass is 9.86. The Hall–Kier alpha value is -3.80. The summed E-state index contributed by atoms with van der Waals surface area (Å²) in [6.07, 6.45) is 2.02. The topological polar surface area (TPSA) is 120 Å². The molecule has 0 saturated carbocycles. The molecule has 3 aromatic carbocycles. The van der Waals surface area contributed by atoms with Gasteiger partial charge in [-0.3, -0.25) is 4.79 Å². The van der Waals surface area contributed by atoms with Gasteiger partial charge in [0.15, 0.2) is 23.0 Å². The van der Waals surface area contributed by atoms with Gasteiger partial charge in [0.1, 0.15) is 21.8 Å². The smallest absolute Gasteiger partial charge is 0.312 e. The SMILES string of the molecule is COc1ccc(C[C@@H]2c3cc(OC)c(OC)cc3CC[N+]2(C)CCC(=O)OC(C)(C)C)cc1OC.O=S(=O)([O-])c1ccccc1. The zero-order valence-corrected chi connectivity index (χ0v) is 28.2. The van der Waals surface area contributed by atoms with Gasteiger partial charge in [0, 0.05) is 18.4 Å². The van der Waals surface area contributed by atoms with Crippen LogP contribution in [0, 0.1) is 0 Å². The average molecular weight is 644 g/mol. The van der Waals surface area contributed by atoms with Gasteiger partial charge in [-0.1, -0.05) is 24.3 Å². The molecule has 10 nitrogen and oxygen atoms in total. The Kier molecular flexibility index (Phi) is 11.9. The fourth-order valence-electron chi connectivity index (χ4n) is 5.49. The van der Waals surface area contributed by atoms with Crippen LogP contribution < -0.4 is 18.9 Å². The fraction of sp³-hybridized carbons (Fsp3) is 0.441. The fourth-order valence-corrected chi connectivity index (χ4v) is 5.98. The number of hydrogen-bond donors (Lipinski definition) is 0. The van der Waals surface area contributed by atoms with E-state index in [4.69, 9.17) is 23.7 Å². The van der Waals surface area contributed by atoms with Crippen LogP contribution in [0.5, 0.6) is 23.0 Å². The number of quaternary nitrogens is 1. The second-order valence-electron chi connectivity index (χ2n) is 12.1. The van der Waals surface area contributed by atoms with Crippen LogP contribution in [0.1, 0.15) is 49.9 Å². The van der Waals surface area contributed by atoms with Crippen LogP contribution >= 0.6 is 0 Å². The normalized spacial score (nSPS) is 17.7. The number of likely N-dealkylation sites (N-methyl/N-ethyl adjacent to an activating group) is 1. The van der Waals surface area contributed by atoms with Gasteiger partial charge in [-0.2, -0.15) is 0 Å². The van der Waals surface area contributed by atoms with Crippen LogP contribution in [0.4, 0.5) is 0 Å². The molecule has 0 aromatic heterocycles. The third kappa shape index (κ3) is 9.59. The van der Waals surface area contributed by atoms with Crippen LogP contribution in [0.25, 0.3) is 0 Å². The molecule has 0 amide bonds. The molecule has 0 saturated heterocycles. The first-order valence-corrected chi connectivity index (χ1v) is 16.1. The molecule has 0 fully saturated rings. The van der Waals surface area contributed by atoms with Crippen LogP contribution in [-0.2, 0) is 32.5 Å². The third-order valence-corrected chi connectivity index (χ3v) is 8.65. The van der Waals surface area contributed by atoms with E-state index in [2.05, 4.69) is 25.2 Å². The second-order valence-corrected chi connectivity index (χ2v) is 13.5. The second kappa shape index (κ2) is 15.0. The number of nitrogens with zero attached hydrogens (tertiary/aromatic N) is 1. The molecule has 1 heterocycles. The van der Waals surface area contributed by atoms with E-state index >= 15 is 0 Å². The molecule has 3 aromatic rings. The molecule has 1 unspecified atom stereocenters. The quantitative estimate of drug-likeness (QED) is 0.164. The van der Waals surface area contributed by atoms with Gasteiger partial charge in [-0.15, -0.1) is 0 Å². The Morgan fingerprint density at radius 1 is 0.867 bits per heavy atom.